The van der Waals surface area contributed by atoms with E-state index in [0.717, 1.165) is 22.1 Å². The summed E-state index contributed by atoms with van der Waals surface area (Å²) in [6.45, 7) is 11.9. The van der Waals surface area contributed by atoms with Gasteiger partial charge in [0.2, 0.25) is 23.8 Å². The largest absolute Gasteiger partial charge is 0.509 e. The topological polar surface area (TPSA) is 324 Å². The molecule has 2 atom stereocenters. The molecular formula is C59H67N13O13S3. The van der Waals surface area contributed by atoms with Crippen LogP contribution >= 0.6 is 23.6 Å². The Labute approximate surface area is 517 Å². The van der Waals surface area contributed by atoms with Gasteiger partial charge in [-0.3, -0.25) is 28.7 Å². The highest BCUT2D eigenvalue weighted by Gasteiger charge is 2.39. The quantitative estimate of drug-likeness (QED) is 0.0237. The average Bonchev–Trinajstić information content (AvgIpc) is 1.63. The molecule has 0 saturated carbocycles. The van der Waals surface area contributed by atoms with E-state index < -0.39 is 77.8 Å². The number of aromatic nitrogens is 8. The van der Waals surface area contributed by atoms with Crippen LogP contribution in [0.25, 0.3) is 32.9 Å². The summed E-state index contributed by atoms with van der Waals surface area (Å²) in [4.78, 5) is 107. The number of H-pyrrole nitrogens is 1. The molecule has 0 spiro atoms. The summed E-state index contributed by atoms with van der Waals surface area (Å²) in [5.41, 5.74) is 4.88. The number of hydrogen-bond donors (Lipinski definition) is 5. The molecule has 7 heterocycles. The molecule has 4 amide bonds. The predicted octanol–water partition coefficient (Wildman–Crippen LogP) is 5.62. The van der Waals surface area contributed by atoms with Crippen LogP contribution < -0.4 is 26.8 Å². The number of rotatable bonds is 27. The molecule has 2 aliphatic rings. The van der Waals surface area contributed by atoms with Crippen molar-refractivity contribution in [2.24, 2.45) is 5.41 Å². The van der Waals surface area contributed by atoms with Gasteiger partial charge in [-0.25, -0.2) is 33.1 Å². The summed E-state index contributed by atoms with van der Waals surface area (Å²) < 4.78 is 45.7. The lowest BCUT2D eigenvalue weighted by Crippen LogP contribution is -2.46. The second-order valence-corrected chi connectivity index (χ2v) is 25.3. The second kappa shape index (κ2) is 28.1. The van der Waals surface area contributed by atoms with Gasteiger partial charge in [0.1, 0.15) is 42.8 Å². The van der Waals surface area contributed by atoms with Crippen LogP contribution in [0.3, 0.4) is 0 Å². The number of anilines is 1. The number of nitrogens with zero attached hydrogens (tertiary/aromatic N) is 8. The fourth-order valence-corrected chi connectivity index (χ4v) is 11.8. The summed E-state index contributed by atoms with van der Waals surface area (Å²) in [5.74, 6) is -2.83. The third-order valence-corrected chi connectivity index (χ3v) is 16.7. The lowest BCUT2D eigenvalue weighted by molar-refractivity contribution is -0.159. The normalized spacial score (nSPS) is 14.0. The fraction of sp³-hybridized carbons (Fsp3) is 0.407. The number of thiazole rings is 1. The Morgan fingerprint density at radius 3 is 2.50 bits per heavy atom. The standard InChI is InChI=1S/C59H67N13O13S3/c1-34(2)72(88(7)80)18-16-39-40-10-8-9-11-44(40)65-50-42(39)26-71-46(50)20-41-43(54(71)77)28-83-55(78)51(41)85-57(79)84-27-35-12-14-37(15-13-35)64-47(73)24-60-48(74)29-82-30-49(75)67-59(5,6)17-19-81-33-58(3,4)32-70-25-38(68-69-70)23-61-52(76)45-31-87-53(66-45)36-21-62-56(86)63-22-36/h8-15,20-22,25,31,34,51H,16-19,23-24,26-30,32-33H2,1-7H3,(H,60,74)(H,61,76)(H,64,73)(H,67,75)(H,62,63,86)/t51-,88?/m0/s1. The van der Waals surface area contributed by atoms with Crippen molar-refractivity contribution in [3.8, 4) is 22.0 Å². The summed E-state index contributed by atoms with van der Waals surface area (Å²) in [5, 5.41) is 22.4. The lowest BCUT2D eigenvalue weighted by atomic mass is 9.95. The number of nitrogens with one attached hydrogen (secondary N) is 5. The van der Waals surface area contributed by atoms with Gasteiger partial charge in [-0.1, -0.05) is 49.4 Å². The number of fused-ring (bicyclic) bond motifs is 5. The van der Waals surface area contributed by atoms with Crippen molar-refractivity contribution in [3.63, 3.8) is 0 Å². The summed E-state index contributed by atoms with van der Waals surface area (Å²) in [7, 11) is -1.21. The predicted molar refractivity (Wildman–Crippen MR) is 326 cm³/mol. The van der Waals surface area contributed by atoms with Gasteiger partial charge in [0.15, 0.2) is 4.77 Å². The fourth-order valence-electron chi connectivity index (χ4n) is 9.94. The van der Waals surface area contributed by atoms with E-state index in [1.165, 1.54) is 11.3 Å². The Hall–Kier alpha value is -8.48. The van der Waals surface area contributed by atoms with E-state index in [-0.39, 0.29) is 60.5 Å². The van der Waals surface area contributed by atoms with Crippen LogP contribution in [-0.2, 0) is 93.1 Å². The average molecular weight is 1260 g/mol. The van der Waals surface area contributed by atoms with Crippen LogP contribution in [0, 0.1) is 10.2 Å². The first-order valence-electron chi connectivity index (χ1n) is 28.1. The third kappa shape index (κ3) is 16.4. The number of ether oxygens (including phenoxy) is 5. The van der Waals surface area contributed by atoms with E-state index in [9.17, 15) is 37.8 Å². The summed E-state index contributed by atoms with van der Waals surface area (Å²) >= 11 is 6.30. The van der Waals surface area contributed by atoms with Crippen molar-refractivity contribution >= 4 is 86.9 Å². The van der Waals surface area contributed by atoms with Gasteiger partial charge in [0, 0.05) is 88.5 Å². The molecule has 2 aliphatic heterocycles. The molecule has 0 fully saturated rings. The van der Waals surface area contributed by atoms with Crippen LogP contribution in [-0.4, -0.2) is 141 Å². The minimum absolute atomic E-state index is 0.0341. The van der Waals surface area contributed by atoms with Crippen molar-refractivity contribution in [2.75, 3.05) is 51.1 Å². The van der Waals surface area contributed by atoms with Crippen molar-refractivity contribution in [2.45, 2.75) is 105 Å². The summed E-state index contributed by atoms with van der Waals surface area (Å²) in [6, 6.07) is 15.6. The number of carbonyl (C=O) groups is 6. The molecule has 29 heteroatoms. The van der Waals surface area contributed by atoms with Crippen LogP contribution in [0.2, 0.25) is 0 Å². The van der Waals surface area contributed by atoms with Gasteiger partial charge >= 0.3 is 12.1 Å². The molecule has 0 radical (unpaired) electrons. The van der Waals surface area contributed by atoms with Crippen LogP contribution in [0.5, 0.6) is 0 Å². The number of pyridine rings is 2. The van der Waals surface area contributed by atoms with Crippen molar-refractivity contribution in [1.29, 1.82) is 0 Å². The van der Waals surface area contributed by atoms with Gasteiger partial charge < -0.3 is 54.5 Å². The molecule has 26 nitrogen and oxygen atoms in total. The Balaban J connectivity index is 0.654. The van der Waals surface area contributed by atoms with Gasteiger partial charge in [-0.05, 0) is 88.1 Å². The second-order valence-electron chi connectivity index (χ2n) is 22.7. The number of amides is 4. The lowest BCUT2D eigenvalue weighted by Gasteiger charge is -2.28. The number of para-hydroxylation sites is 1. The molecule has 5 aromatic heterocycles. The molecule has 9 rings (SSSR count). The number of esters is 1. The Bertz CT molecular complexity index is 3900. The molecule has 1 unspecified atom stereocenters. The Morgan fingerprint density at radius 1 is 0.977 bits per heavy atom. The molecule has 0 saturated heterocycles. The maximum absolute atomic E-state index is 14.1. The number of cyclic esters (lactones) is 1. The van der Waals surface area contributed by atoms with Crippen LogP contribution in [0.4, 0.5) is 10.5 Å². The zero-order valence-corrected chi connectivity index (χ0v) is 51.9. The maximum Gasteiger partial charge on any atom is 0.509 e. The minimum Gasteiger partial charge on any atom is -0.458 e. The Kier molecular flexibility index (Phi) is 20.5. The number of aromatic amines is 1. The first kappa shape index (κ1) is 64.0. The SMILES string of the molecule is CC(C)N(CCc1c2c(nc3ccccc13)-c1cc3c(c(=O)n1C2)COC(=O)[C@H]3OC(=O)OCc1ccc(NC(=O)CNC(=O)COCC(=O)NC(C)(C)CCOCC(C)(C)Cn2cc(CNC(=O)c3csc(-c4cnc(=S)[nH]c4)n3)nn2)cc1)S(C)=O. The first-order chi connectivity index (χ1) is 42.0. The molecule has 88 heavy (non-hydrogen) atoms. The molecular weight excluding hydrogens is 1190 g/mol. The van der Waals surface area contributed by atoms with Crippen molar-refractivity contribution < 1.29 is 56.7 Å². The monoisotopic (exact) mass is 1260 g/mol. The van der Waals surface area contributed by atoms with E-state index in [4.69, 9.17) is 40.9 Å². The smallest absolute Gasteiger partial charge is 0.458 e. The Morgan fingerprint density at radius 2 is 1.75 bits per heavy atom. The number of carbonyl (C=O) groups excluding carboxylic acids is 6. The zero-order valence-electron chi connectivity index (χ0n) is 49.5. The zero-order chi connectivity index (χ0) is 62.9. The van der Waals surface area contributed by atoms with Crippen LogP contribution in [0.15, 0.2) is 83.4 Å². The van der Waals surface area contributed by atoms with Gasteiger partial charge in [-0.15, -0.1) is 16.4 Å². The maximum atomic E-state index is 14.1. The summed E-state index contributed by atoms with van der Waals surface area (Å²) in [6.07, 6.45) is 4.92. The first-order valence-corrected chi connectivity index (χ1v) is 30.9. The molecule has 7 aromatic rings. The molecule has 464 valence electrons. The molecule has 0 bridgehead atoms. The minimum atomic E-state index is -1.60. The third-order valence-electron chi connectivity index (χ3n) is 14.3. The number of hydrogen-bond acceptors (Lipinski definition) is 20. The van der Waals surface area contributed by atoms with E-state index in [1.807, 2.05) is 70.1 Å². The molecule has 5 N–H and O–H groups in total. The van der Waals surface area contributed by atoms with E-state index in [2.05, 4.69) is 46.5 Å². The van der Waals surface area contributed by atoms with Crippen molar-refractivity contribution in [3.05, 3.63) is 133 Å². The van der Waals surface area contributed by atoms with Gasteiger partial charge in [0.25, 0.3) is 11.5 Å². The highest BCUT2D eigenvalue weighted by atomic mass is 32.2. The highest BCUT2D eigenvalue weighted by Crippen LogP contribution is 2.39. The van der Waals surface area contributed by atoms with Crippen LogP contribution in [0.1, 0.15) is 98.1 Å². The molecule has 2 aromatic carbocycles. The van der Waals surface area contributed by atoms with E-state index >= 15 is 0 Å². The van der Waals surface area contributed by atoms with Gasteiger partial charge in [0.05, 0.1) is 65.9 Å². The van der Waals surface area contributed by atoms with Crippen molar-refractivity contribution in [1.82, 2.24) is 59.8 Å². The van der Waals surface area contributed by atoms with E-state index in [0.29, 0.717) is 82.8 Å². The highest BCUT2D eigenvalue weighted by molar-refractivity contribution is 7.81. The molecule has 0 aliphatic carbocycles. The van der Waals surface area contributed by atoms with E-state index in [1.54, 1.807) is 69.8 Å². The number of benzene rings is 2. The van der Waals surface area contributed by atoms with Gasteiger partial charge in [-0.2, -0.15) is 0 Å².